The van der Waals surface area contributed by atoms with Crippen LogP contribution in [0, 0.1) is 0 Å². The molecule has 0 aliphatic carbocycles. The second-order valence-corrected chi connectivity index (χ2v) is 36.0. The van der Waals surface area contributed by atoms with Gasteiger partial charge in [0.25, 0.3) is 0 Å². The number of hydrogen-bond donors (Lipinski definition) is 0. The van der Waals surface area contributed by atoms with Crippen LogP contribution in [0.1, 0.15) is 0 Å². The van der Waals surface area contributed by atoms with Gasteiger partial charge in [0.1, 0.15) is 0 Å². The Hall–Kier alpha value is 1.04. The van der Waals surface area contributed by atoms with Crippen LogP contribution < -0.4 is 0 Å². The van der Waals surface area contributed by atoms with Gasteiger partial charge in [0.2, 0.25) is 0 Å². The van der Waals surface area contributed by atoms with Crippen molar-refractivity contribution in [3.05, 3.63) is 0 Å². The van der Waals surface area contributed by atoms with Gasteiger partial charge in [0, 0.05) is 82.1 Å². The molecule has 0 radical (unpaired) electrons. The molecule has 19 heteroatoms. The average molecular weight is 699 g/mol. The highest BCUT2D eigenvalue weighted by molar-refractivity contribution is 6.85. The van der Waals surface area contributed by atoms with Crippen LogP contribution in [0.3, 0.4) is 0 Å². The third-order valence-electron chi connectivity index (χ3n) is 7.14. The maximum atomic E-state index is 6.85. The molecule has 0 aliphatic heterocycles. The second kappa shape index (κ2) is 18.1. The highest BCUT2D eigenvalue weighted by Crippen LogP contribution is 2.30. The summed E-state index contributed by atoms with van der Waals surface area (Å²) in [6.07, 6.45) is 0. The van der Waals surface area contributed by atoms with Crippen LogP contribution in [0.2, 0.25) is 75.5 Å². The molecule has 0 aliphatic rings. The summed E-state index contributed by atoms with van der Waals surface area (Å²) in [6.45, 7) is 13.1. The Kier molecular flexibility index (Phi) is 18.6. The van der Waals surface area contributed by atoms with Gasteiger partial charge in [-0.05, 0) is 57.4 Å². The summed E-state index contributed by atoms with van der Waals surface area (Å²) >= 11 is 0. The standard InChI is InChI=1S/C21H58O12Si7/c1-22-38(23-2,24-3)19-16-35(10,11)31-34(32-36(12,13)17-20-39(25-4,26-5)27-6)33-37(14,15)18-21-40(28-7,29-8)30-9/h34H,16-21H2,1-15H3. The van der Waals surface area contributed by atoms with Gasteiger partial charge in [0.05, 0.1) is 0 Å². The molecule has 0 rings (SSSR count). The first-order valence-electron chi connectivity index (χ1n) is 13.5. The van der Waals surface area contributed by atoms with Gasteiger partial charge in [-0.2, -0.15) is 0 Å². The highest BCUT2D eigenvalue weighted by Gasteiger charge is 2.46. The van der Waals surface area contributed by atoms with Crippen LogP contribution in [0.25, 0.3) is 0 Å². The molecule has 0 aromatic heterocycles. The zero-order chi connectivity index (χ0) is 31.3. The van der Waals surface area contributed by atoms with Crippen molar-refractivity contribution in [2.24, 2.45) is 0 Å². The van der Waals surface area contributed by atoms with Crippen LogP contribution in [0.5, 0.6) is 0 Å². The summed E-state index contributed by atoms with van der Waals surface area (Å²) < 4.78 is 71.4. The molecule has 0 saturated heterocycles. The van der Waals surface area contributed by atoms with Crippen molar-refractivity contribution in [2.45, 2.75) is 75.5 Å². The van der Waals surface area contributed by atoms with E-state index in [0.29, 0.717) is 18.1 Å². The van der Waals surface area contributed by atoms with Crippen molar-refractivity contribution in [1.82, 2.24) is 0 Å². The van der Waals surface area contributed by atoms with Gasteiger partial charge >= 0.3 is 35.9 Å². The molecule has 0 aromatic carbocycles. The van der Waals surface area contributed by atoms with E-state index in [1.165, 1.54) is 0 Å². The lowest BCUT2D eigenvalue weighted by molar-refractivity contribution is 0.124. The number of rotatable bonds is 24. The van der Waals surface area contributed by atoms with Gasteiger partial charge in [-0.15, -0.1) is 0 Å². The molecule has 0 N–H and O–H groups in total. The van der Waals surface area contributed by atoms with Crippen LogP contribution in [0.4, 0.5) is 0 Å². The first kappa shape index (κ1) is 41.0. The fraction of sp³-hybridized carbons (Fsp3) is 1.00. The van der Waals surface area contributed by atoms with Crippen molar-refractivity contribution in [1.29, 1.82) is 0 Å². The first-order valence-corrected chi connectivity index (χ1v) is 30.0. The maximum absolute atomic E-state index is 6.85. The molecule has 0 unspecified atom stereocenters. The molecular formula is C21H58O12Si7. The lowest BCUT2D eigenvalue weighted by Gasteiger charge is -2.38. The molecule has 40 heavy (non-hydrogen) atoms. The Morgan fingerprint density at radius 1 is 0.325 bits per heavy atom. The third kappa shape index (κ3) is 13.8. The topological polar surface area (TPSA) is 111 Å². The van der Waals surface area contributed by atoms with Crippen LogP contribution >= 0.6 is 0 Å². The van der Waals surface area contributed by atoms with E-state index in [1.54, 1.807) is 64.0 Å². The molecule has 0 saturated carbocycles. The van der Waals surface area contributed by atoms with Crippen molar-refractivity contribution in [2.75, 3.05) is 64.0 Å². The van der Waals surface area contributed by atoms with Crippen LogP contribution in [-0.4, -0.2) is 125 Å². The van der Waals surface area contributed by atoms with Crippen molar-refractivity contribution in [3.63, 3.8) is 0 Å². The van der Waals surface area contributed by atoms with Gasteiger partial charge in [-0.25, -0.2) is 0 Å². The maximum Gasteiger partial charge on any atom is 0.499 e. The van der Waals surface area contributed by atoms with Gasteiger partial charge in [0.15, 0.2) is 25.0 Å². The van der Waals surface area contributed by atoms with E-state index in [0.717, 1.165) is 18.1 Å². The van der Waals surface area contributed by atoms with Gasteiger partial charge < -0.3 is 52.2 Å². The molecule has 0 atom stereocenters. The summed E-state index contributed by atoms with van der Waals surface area (Å²) in [5.41, 5.74) is 0. The minimum atomic E-state index is -2.73. The SMILES string of the molecule is CO[Si](CC[Si](C)(C)O[SiH](O[Si](C)(C)CC[Si](OC)(OC)OC)O[Si](C)(C)CC[Si](OC)(OC)OC)(OC)OC. The molecule has 12 nitrogen and oxygen atoms in total. The predicted octanol–water partition coefficient (Wildman–Crippen LogP) is 4.00. The lowest BCUT2D eigenvalue weighted by atomic mass is 10.9. The molecule has 0 amide bonds. The Balaban J connectivity index is 5.89. The van der Waals surface area contributed by atoms with Crippen molar-refractivity contribution in [3.8, 4) is 0 Å². The highest BCUT2D eigenvalue weighted by atomic mass is 28.5. The van der Waals surface area contributed by atoms with Gasteiger partial charge in [-0.3, -0.25) is 0 Å². The zero-order valence-electron chi connectivity index (χ0n) is 27.7. The molecule has 0 spiro atoms. The summed E-state index contributed by atoms with van der Waals surface area (Å²) in [6, 6.07) is 4.34. The quantitative estimate of drug-likeness (QED) is 0.136. The predicted molar refractivity (Wildman–Crippen MR) is 172 cm³/mol. The molecule has 0 heterocycles. The molecule has 0 bridgehead atoms. The monoisotopic (exact) mass is 698 g/mol. The average Bonchev–Trinajstić information content (AvgIpc) is 2.91. The fourth-order valence-corrected chi connectivity index (χ4v) is 27.8. The first-order chi connectivity index (χ1) is 18.5. The van der Waals surface area contributed by atoms with E-state index in [1.807, 2.05) is 0 Å². The van der Waals surface area contributed by atoms with E-state index in [-0.39, 0.29) is 0 Å². The molecule has 242 valence electrons. The Bertz CT molecular complexity index is 578. The Morgan fingerprint density at radius 2 is 0.500 bits per heavy atom. The van der Waals surface area contributed by atoms with Gasteiger partial charge in [-0.1, -0.05) is 0 Å². The normalized spacial score (nSPS) is 14.4. The van der Waals surface area contributed by atoms with E-state index < -0.39 is 60.9 Å². The summed E-state index contributed by atoms with van der Waals surface area (Å²) in [7, 11) is -2.88. The van der Waals surface area contributed by atoms with Crippen molar-refractivity contribution < 1.29 is 52.2 Å². The summed E-state index contributed by atoms with van der Waals surface area (Å²) in [5, 5.41) is 0. The minimum Gasteiger partial charge on any atom is -0.419 e. The largest absolute Gasteiger partial charge is 0.499 e. The fourth-order valence-electron chi connectivity index (χ4n) is 4.06. The molecule has 0 fully saturated rings. The zero-order valence-corrected chi connectivity index (χ0v) is 34.9. The van der Waals surface area contributed by atoms with E-state index in [9.17, 15) is 0 Å². The van der Waals surface area contributed by atoms with Crippen LogP contribution in [0.15, 0.2) is 0 Å². The summed E-state index contributed by atoms with van der Waals surface area (Å²) in [4.78, 5) is 0. The van der Waals surface area contributed by atoms with E-state index in [2.05, 4.69) is 39.3 Å². The Labute approximate surface area is 252 Å². The smallest absolute Gasteiger partial charge is 0.419 e. The molecular weight excluding hydrogens is 641 g/mol. The minimum absolute atomic E-state index is 0.658. The lowest BCUT2D eigenvalue weighted by Crippen LogP contribution is -2.54. The Morgan fingerprint density at radius 3 is 0.650 bits per heavy atom. The van der Waals surface area contributed by atoms with Crippen LogP contribution in [-0.2, 0) is 52.2 Å². The second-order valence-electron chi connectivity index (χ2n) is 11.3. The summed E-state index contributed by atoms with van der Waals surface area (Å²) in [5.74, 6) is 0. The number of hydrogen-bond acceptors (Lipinski definition) is 12. The molecule has 0 aromatic rings. The van der Waals surface area contributed by atoms with Crippen molar-refractivity contribution >= 4 is 60.9 Å². The van der Waals surface area contributed by atoms with E-state index >= 15 is 0 Å². The third-order valence-corrected chi connectivity index (χ3v) is 31.2. The van der Waals surface area contributed by atoms with E-state index in [4.69, 9.17) is 52.2 Å².